The fourth-order valence-corrected chi connectivity index (χ4v) is 2.90. The minimum absolute atomic E-state index is 0.222. The molecule has 0 aromatic heterocycles. The molecule has 2 nitrogen and oxygen atoms in total. The monoisotopic (exact) mass is 252 g/mol. The third-order valence-electron chi connectivity index (χ3n) is 4.12. The van der Waals surface area contributed by atoms with Crippen molar-refractivity contribution < 1.29 is 0 Å². The first-order valence-corrected chi connectivity index (χ1v) is 6.70. The summed E-state index contributed by atoms with van der Waals surface area (Å²) in [7, 11) is 2.20. The van der Waals surface area contributed by atoms with Crippen LogP contribution in [0.5, 0.6) is 0 Å². The molecular weight excluding hydrogens is 232 g/mol. The summed E-state index contributed by atoms with van der Waals surface area (Å²) < 4.78 is 0. The Kier molecular flexibility index (Phi) is 4.08. The van der Waals surface area contributed by atoms with Gasteiger partial charge in [0.2, 0.25) is 0 Å². The molecule has 1 saturated heterocycles. The maximum atomic E-state index is 5.98. The van der Waals surface area contributed by atoms with Gasteiger partial charge in [0.15, 0.2) is 0 Å². The van der Waals surface area contributed by atoms with Gasteiger partial charge in [0.25, 0.3) is 0 Å². The van der Waals surface area contributed by atoms with E-state index in [1.54, 1.807) is 0 Å². The summed E-state index contributed by atoms with van der Waals surface area (Å²) in [5.41, 5.74) is 7.56. The third-order valence-corrected chi connectivity index (χ3v) is 4.37. The van der Waals surface area contributed by atoms with Gasteiger partial charge in [-0.25, -0.2) is 0 Å². The zero-order valence-electron chi connectivity index (χ0n) is 10.5. The average Bonchev–Trinajstić information content (AvgIpc) is 2.71. The van der Waals surface area contributed by atoms with Gasteiger partial charge in [-0.2, -0.15) is 0 Å². The second kappa shape index (κ2) is 5.38. The summed E-state index contributed by atoms with van der Waals surface area (Å²) in [5.74, 6) is 0. The fraction of sp³-hybridized carbons (Fsp3) is 0.571. The molecule has 94 valence electrons. The number of halogens is 1. The lowest BCUT2D eigenvalue weighted by atomic mass is 9.89. The minimum Gasteiger partial charge on any atom is -0.329 e. The van der Waals surface area contributed by atoms with Crippen LogP contribution in [0.4, 0.5) is 0 Å². The first-order chi connectivity index (χ1) is 8.16. The van der Waals surface area contributed by atoms with Crippen LogP contribution in [0.2, 0.25) is 5.02 Å². The number of benzene rings is 1. The van der Waals surface area contributed by atoms with Gasteiger partial charge in [0, 0.05) is 17.1 Å². The van der Waals surface area contributed by atoms with E-state index < -0.39 is 0 Å². The number of rotatable bonds is 4. The van der Waals surface area contributed by atoms with E-state index in [0.29, 0.717) is 0 Å². The average molecular weight is 253 g/mol. The van der Waals surface area contributed by atoms with Crippen molar-refractivity contribution in [2.75, 3.05) is 20.1 Å². The van der Waals surface area contributed by atoms with E-state index in [4.69, 9.17) is 17.3 Å². The molecular formula is C14H21ClN2. The molecule has 0 radical (unpaired) electrons. The second-order valence-corrected chi connectivity index (χ2v) is 5.52. The highest BCUT2D eigenvalue weighted by Crippen LogP contribution is 2.31. The van der Waals surface area contributed by atoms with E-state index in [-0.39, 0.29) is 5.54 Å². The molecule has 2 N–H and O–H groups in total. The Morgan fingerprint density at radius 2 is 2.06 bits per heavy atom. The number of aryl methyl sites for hydroxylation is 1. The van der Waals surface area contributed by atoms with Crippen LogP contribution in [-0.2, 0) is 6.42 Å². The SMILES string of the molecule is CN1CCCC1(CN)CCc1ccc(Cl)cc1. The van der Waals surface area contributed by atoms with Crippen LogP contribution >= 0.6 is 11.6 Å². The summed E-state index contributed by atoms with van der Waals surface area (Å²) in [4.78, 5) is 2.43. The van der Waals surface area contributed by atoms with Crippen molar-refractivity contribution >= 4 is 11.6 Å². The van der Waals surface area contributed by atoms with Crippen LogP contribution in [0.1, 0.15) is 24.8 Å². The van der Waals surface area contributed by atoms with E-state index in [9.17, 15) is 0 Å². The molecule has 0 amide bonds. The van der Waals surface area contributed by atoms with Gasteiger partial charge in [0.05, 0.1) is 0 Å². The van der Waals surface area contributed by atoms with E-state index in [2.05, 4.69) is 24.1 Å². The van der Waals surface area contributed by atoms with Crippen LogP contribution < -0.4 is 5.73 Å². The summed E-state index contributed by atoms with van der Waals surface area (Å²) in [5, 5.41) is 0.806. The molecule has 2 rings (SSSR count). The van der Waals surface area contributed by atoms with Gasteiger partial charge < -0.3 is 5.73 Å². The smallest absolute Gasteiger partial charge is 0.0406 e. The lowest BCUT2D eigenvalue weighted by Crippen LogP contribution is -2.47. The third kappa shape index (κ3) is 2.82. The molecule has 1 fully saturated rings. The van der Waals surface area contributed by atoms with Crippen molar-refractivity contribution in [3.8, 4) is 0 Å². The lowest BCUT2D eigenvalue weighted by molar-refractivity contribution is 0.169. The van der Waals surface area contributed by atoms with Gasteiger partial charge in [0.1, 0.15) is 0 Å². The molecule has 1 aliphatic rings. The van der Waals surface area contributed by atoms with Crippen molar-refractivity contribution in [1.29, 1.82) is 0 Å². The predicted molar refractivity (Wildman–Crippen MR) is 73.4 cm³/mol. The first-order valence-electron chi connectivity index (χ1n) is 6.32. The molecule has 17 heavy (non-hydrogen) atoms. The Labute approximate surface area is 109 Å². The number of nitrogens with zero attached hydrogens (tertiary/aromatic N) is 1. The van der Waals surface area contributed by atoms with Crippen molar-refractivity contribution in [3.05, 3.63) is 34.9 Å². The number of hydrogen-bond donors (Lipinski definition) is 1. The zero-order chi connectivity index (χ0) is 12.3. The zero-order valence-corrected chi connectivity index (χ0v) is 11.2. The number of likely N-dealkylation sites (N-methyl/N-ethyl adjacent to an activating group) is 1. The Morgan fingerprint density at radius 1 is 1.35 bits per heavy atom. The topological polar surface area (TPSA) is 29.3 Å². The maximum Gasteiger partial charge on any atom is 0.0406 e. The molecule has 1 heterocycles. The van der Waals surface area contributed by atoms with Crippen LogP contribution in [0.15, 0.2) is 24.3 Å². The summed E-state index contributed by atoms with van der Waals surface area (Å²) in [6.07, 6.45) is 4.72. The standard InChI is InChI=1S/C14H21ClN2/c1-17-10-2-8-14(17,11-16)9-7-12-3-5-13(15)6-4-12/h3-6H,2,7-11,16H2,1H3. The highest BCUT2D eigenvalue weighted by Gasteiger charge is 2.36. The Hall–Kier alpha value is -0.570. The molecule has 0 spiro atoms. The van der Waals surface area contributed by atoms with Crippen molar-refractivity contribution in [1.82, 2.24) is 4.90 Å². The number of nitrogens with two attached hydrogens (primary N) is 1. The Morgan fingerprint density at radius 3 is 2.59 bits per heavy atom. The van der Waals surface area contributed by atoms with E-state index >= 15 is 0 Å². The Balaban J connectivity index is 1.98. The van der Waals surface area contributed by atoms with Gasteiger partial charge in [-0.05, 0) is 57.0 Å². The maximum absolute atomic E-state index is 5.98. The summed E-state index contributed by atoms with van der Waals surface area (Å²) in [6, 6.07) is 8.15. The fourth-order valence-electron chi connectivity index (χ4n) is 2.78. The van der Waals surface area contributed by atoms with E-state index in [1.165, 1.54) is 24.9 Å². The van der Waals surface area contributed by atoms with Crippen LogP contribution in [-0.4, -0.2) is 30.6 Å². The molecule has 3 heteroatoms. The summed E-state index contributed by atoms with van der Waals surface area (Å²) in [6.45, 7) is 1.94. The van der Waals surface area contributed by atoms with Gasteiger partial charge in [-0.1, -0.05) is 23.7 Å². The normalized spacial score (nSPS) is 25.4. The number of hydrogen-bond acceptors (Lipinski definition) is 2. The molecule has 0 aliphatic carbocycles. The summed E-state index contributed by atoms with van der Waals surface area (Å²) >= 11 is 5.89. The van der Waals surface area contributed by atoms with Gasteiger partial charge >= 0.3 is 0 Å². The van der Waals surface area contributed by atoms with Crippen LogP contribution in [0.25, 0.3) is 0 Å². The second-order valence-electron chi connectivity index (χ2n) is 5.08. The van der Waals surface area contributed by atoms with Crippen molar-refractivity contribution in [2.45, 2.75) is 31.2 Å². The van der Waals surface area contributed by atoms with Crippen LogP contribution in [0.3, 0.4) is 0 Å². The molecule has 0 bridgehead atoms. The quantitative estimate of drug-likeness (QED) is 0.893. The largest absolute Gasteiger partial charge is 0.329 e. The van der Waals surface area contributed by atoms with Gasteiger partial charge in [-0.3, -0.25) is 4.90 Å². The molecule has 1 aromatic carbocycles. The van der Waals surface area contributed by atoms with E-state index in [1.807, 2.05) is 12.1 Å². The Bertz CT molecular complexity index is 363. The molecule has 0 saturated carbocycles. The highest BCUT2D eigenvalue weighted by atomic mass is 35.5. The van der Waals surface area contributed by atoms with Gasteiger partial charge in [-0.15, -0.1) is 0 Å². The molecule has 1 aromatic rings. The highest BCUT2D eigenvalue weighted by molar-refractivity contribution is 6.30. The molecule has 1 aliphatic heterocycles. The minimum atomic E-state index is 0.222. The van der Waals surface area contributed by atoms with E-state index in [0.717, 1.165) is 24.4 Å². The van der Waals surface area contributed by atoms with Crippen molar-refractivity contribution in [3.63, 3.8) is 0 Å². The van der Waals surface area contributed by atoms with Crippen molar-refractivity contribution in [2.24, 2.45) is 5.73 Å². The predicted octanol–water partition coefficient (Wildman–Crippen LogP) is 2.70. The molecule has 1 atom stereocenters. The molecule has 1 unspecified atom stereocenters. The first kappa shape index (κ1) is 12.9. The van der Waals surface area contributed by atoms with Crippen LogP contribution in [0, 0.1) is 0 Å². The number of likely N-dealkylation sites (tertiary alicyclic amines) is 1. The lowest BCUT2D eigenvalue weighted by Gasteiger charge is -2.35.